The first-order valence-corrected chi connectivity index (χ1v) is 8.59. The first-order valence-electron chi connectivity index (χ1n) is 8.59. The summed E-state index contributed by atoms with van der Waals surface area (Å²) in [6, 6.07) is 7.84. The first kappa shape index (κ1) is 16.9. The van der Waals surface area contributed by atoms with E-state index in [1.54, 1.807) is 0 Å². The number of rotatable bonds is 6. The van der Waals surface area contributed by atoms with E-state index in [2.05, 4.69) is 10.6 Å². The van der Waals surface area contributed by atoms with E-state index < -0.39 is 0 Å². The summed E-state index contributed by atoms with van der Waals surface area (Å²) >= 11 is 0. The molecule has 1 aromatic rings. The van der Waals surface area contributed by atoms with Crippen molar-refractivity contribution in [2.24, 2.45) is 0 Å². The van der Waals surface area contributed by atoms with Crippen molar-refractivity contribution in [3.8, 4) is 0 Å². The first-order chi connectivity index (χ1) is 11.7. The molecule has 24 heavy (non-hydrogen) atoms. The fraction of sp³-hybridized carbons (Fsp3) is 0.556. The highest BCUT2D eigenvalue weighted by atomic mass is 16.5. The minimum absolute atomic E-state index is 0.0513. The van der Waals surface area contributed by atoms with Crippen molar-refractivity contribution in [1.82, 2.24) is 10.6 Å². The lowest BCUT2D eigenvalue weighted by Crippen LogP contribution is -2.34. The molecule has 0 unspecified atom stereocenters. The Balaban J connectivity index is 1.46. The molecule has 0 bridgehead atoms. The lowest BCUT2D eigenvalue weighted by Gasteiger charge is -2.12. The van der Waals surface area contributed by atoms with Crippen LogP contribution in [0, 0.1) is 0 Å². The van der Waals surface area contributed by atoms with Crippen molar-refractivity contribution in [3.63, 3.8) is 0 Å². The van der Waals surface area contributed by atoms with Crippen molar-refractivity contribution in [2.75, 3.05) is 13.2 Å². The Kier molecular flexibility index (Phi) is 5.82. The highest BCUT2D eigenvalue weighted by molar-refractivity contribution is 5.81. The fourth-order valence-electron chi connectivity index (χ4n) is 3.02. The Bertz CT molecular complexity index is 531. The molecule has 2 aliphatic rings. The second kappa shape index (κ2) is 8.26. The highest BCUT2D eigenvalue weighted by Gasteiger charge is 2.24. The molecular formula is C18H24N2O4. The van der Waals surface area contributed by atoms with Crippen LogP contribution in [-0.2, 0) is 32.2 Å². The molecule has 2 fully saturated rings. The number of nitrogens with one attached hydrogen (secondary N) is 2. The summed E-state index contributed by atoms with van der Waals surface area (Å²) < 4.78 is 10.7. The number of amides is 2. The number of hydrogen-bond acceptors (Lipinski definition) is 4. The maximum absolute atomic E-state index is 12.0. The van der Waals surface area contributed by atoms with Crippen LogP contribution in [0.4, 0.5) is 0 Å². The molecule has 2 saturated heterocycles. The van der Waals surface area contributed by atoms with Crippen molar-refractivity contribution < 1.29 is 19.1 Å². The summed E-state index contributed by atoms with van der Waals surface area (Å²) in [6.45, 7) is 2.26. The predicted octanol–water partition coefficient (Wildman–Crippen LogP) is 1.28. The topological polar surface area (TPSA) is 76.7 Å². The van der Waals surface area contributed by atoms with Crippen LogP contribution < -0.4 is 10.6 Å². The third-order valence-electron chi connectivity index (χ3n) is 4.37. The summed E-state index contributed by atoms with van der Waals surface area (Å²) in [5.74, 6) is -0.103. The van der Waals surface area contributed by atoms with Crippen LogP contribution in [0.5, 0.6) is 0 Å². The van der Waals surface area contributed by atoms with Crippen LogP contribution in [0.3, 0.4) is 0 Å². The smallest absolute Gasteiger partial charge is 0.249 e. The number of carbonyl (C=O) groups excluding carboxylic acids is 2. The molecule has 0 aromatic heterocycles. The maximum atomic E-state index is 12.0. The van der Waals surface area contributed by atoms with Crippen molar-refractivity contribution in [1.29, 1.82) is 0 Å². The van der Waals surface area contributed by atoms with Crippen LogP contribution in [0.2, 0.25) is 0 Å². The molecule has 0 aliphatic carbocycles. The third-order valence-corrected chi connectivity index (χ3v) is 4.37. The van der Waals surface area contributed by atoms with E-state index in [4.69, 9.17) is 9.47 Å². The number of hydrogen-bond donors (Lipinski definition) is 2. The zero-order valence-electron chi connectivity index (χ0n) is 13.8. The predicted molar refractivity (Wildman–Crippen MR) is 88.1 cm³/mol. The third kappa shape index (κ3) is 4.55. The van der Waals surface area contributed by atoms with Gasteiger partial charge in [-0.15, -0.1) is 0 Å². The molecule has 0 radical (unpaired) electrons. The Morgan fingerprint density at radius 2 is 1.42 bits per heavy atom. The maximum Gasteiger partial charge on any atom is 0.249 e. The van der Waals surface area contributed by atoms with Crippen molar-refractivity contribution in [2.45, 2.75) is 51.0 Å². The molecule has 6 nitrogen and oxygen atoms in total. The average Bonchev–Trinajstić information content (AvgIpc) is 3.31. The number of ether oxygens (including phenoxy) is 2. The van der Waals surface area contributed by atoms with E-state index in [0.29, 0.717) is 26.3 Å². The van der Waals surface area contributed by atoms with Gasteiger partial charge in [0.2, 0.25) is 11.8 Å². The zero-order chi connectivity index (χ0) is 16.8. The van der Waals surface area contributed by atoms with Gasteiger partial charge in [-0.2, -0.15) is 0 Å². The van der Waals surface area contributed by atoms with E-state index in [9.17, 15) is 9.59 Å². The van der Waals surface area contributed by atoms with Gasteiger partial charge in [0, 0.05) is 26.3 Å². The van der Waals surface area contributed by atoms with Gasteiger partial charge in [-0.3, -0.25) is 9.59 Å². The van der Waals surface area contributed by atoms with Gasteiger partial charge in [0.1, 0.15) is 12.2 Å². The molecule has 2 atom stereocenters. The molecule has 2 amide bonds. The zero-order valence-corrected chi connectivity index (χ0v) is 13.8. The van der Waals surface area contributed by atoms with Gasteiger partial charge in [-0.25, -0.2) is 0 Å². The van der Waals surface area contributed by atoms with Crippen LogP contribution in [-0.4, -0.2) is 37.2 Å². The Morgan fingerprint density at radius 3 is 1.83 bits per heavy atom. The minimum Gasteiger partial charge on any atom is -0.368 e. The van der Waals surface area contributed by atoms with Crippen LogP contribution in [0.25, 0.3) is 0 Å². The summed E-state index contributed by atoms with van der Waals surface area (Å²) in [4.78, 5) is 23.9. The number of benzene rings is 1. The molecule has 130 valence electrons. The standard InChI is InChI=1S/C18H24N2O4/c21-17(15-6-2-8-23-15)19-11-13-4-1-5-14(10-13)12-20-18(22)16-7-3-9-24-16/h1,4-5,10,15-16H,2-3,6-9,11-12H2,(H,19,21)(H,20,22)/t15-,16-/m1/s1. The summed E-state index contributed by atoms with van der Waals surface area (Å²) in [5, 5.41) is 5.81. The Labute approximate surface area is 141 Å². The second-order valence-corrected chi connectivity index (χ2v) is 6.26. The van der Waals surface area contributed by atoms with Gasteiger partial charge in [-0.1, -0.05) is 24.3 Å². The van der Waals surface area contributed by atoms with Gasteiger partial charge in [0.05, 0.1) is 0 Å². The quantitative estimate of drug-likeness (QED) is 0.823. The highest BCUT2D eigenvalue weighted by Crippen LogP contribution is 2.13. The minimum atomic E-state index is -0.307. The Morgan fingerprint density at radius 1 is 0.917 bits per heavy atom. The van der Waals surface area contributed by atoms with Crippen LogP contribution >= 0.6 is 0 Å². The lowest BCUT2D eigenvalue weighted by atomic mass is 10.1. The number of carbonyl (C=O) groups is 2. The second-order valence-electron chi connectivity index (χ2n) is 6.26. The van der Waals surface area contributed by atoms with Gasteiger partial charge >= 0.3 is 0 Å². The van der Waals surface area contributed by atoms with Gasteiger partial charge in [0.25, 0.3) is 0 Å². The van der Waals surface area contributed by atoms with Crippen LogP contribution in [0.1, 0.15) is 36.8 Å². The SMILES string of the molecule is O=C(NCc1cccc(CNC(=O)[C@H]2CCCO2)c1)[C@H]1CCCO1. The van der Waals surface area contributed by atoms with Crippen molar-refractivity contribution >= 4 is 11.8 Å². The molecule has 2 N–H and O–H groups in total. The van der Waals surface area contributed by atoms with Gasteiger partial charge in [-0.05, 0) is 36.8 Å². The summed E-state index contributed by atoms with van der Waals surface area (Å²) in [5.41, 5.74) is 2.01. The van der Waals surface area contributed by atoms with E-state index in [0.717, 1.165) is 36.8 Å². The molecule has 0 spiro atoms. The molecule has 0 saturated carbocycles. The molecule has 3 rings (SSSR count). The molecule has 2 aliphatic heterocycles. The van der Waals surface area contributed by atoms with Crippen LogP contribution in [0.15, 0.2) is 24.3 Å². The molecule has 1 aromatic carbocycles. The fourth-order valence-corrected chi connectivity index (χ4v) is 3.02. The normalized spacial score (nSPS) is 23.2. The Hall–Kier alpha value is -1.92. The average molecular weight is 332 g/mol. The van der Waals surface area contributed by atoms with E-state index in [1.807, 2.05) is 24.3 Å². The molecule has 6 heteroatoms. The monoisotopic (exact) mass is 332 g/mol. The van der Waals surface area contributed by atoms with Crippen molar-refractivity contribution in [3.05, 3.63) is 35.4 Å². The van der Waals surface area contributed by atoms with E-state index in [1.165, 1.54) is 0 Å². The lowest BCUT2D eigenvalue weighted by molar-refractivity contribution is -0.130. The molecular weight excluding hydrogens is 308 g/mol. The van der Waals surface area contributed by atoms with E-state index >= 15 is 0 Å². The van der Waals surface area contributed by atoms with Gasteiger partial charge in [0.15, 0.2) is 0 Å². The molecule has 2 heterocycles. The van der Waals surface area contributed by atoms with Gasteiger partial charge < -0.3 is 20.1 Å². The van der Waals surface area contributed by atoms with E-state index in [-0.39, 0.29) is 24.0 Å². The summed E-state index contributed by atoms with van der Waals surface area (Å²) in [6.07, 6.45) is 2.86. The summed E-state index contributed by atoms with van der Waals surface area (Å²) in [7, 11) is 0. The largest absolute Gasteiger partial charge is 0.368 e.